The SMILES string of the molecule is N=C(N)c1ncccc1CN1CCOCC1. The largest absolute Gasteiger partial charge is 0.382 e. The van der Waals surface area contributed by atoms with Crippen LogP contribution >= 0.6 is 0 Å². The van der Waals surface area contributed by atoms with Crippen LogP contribution in [0.3, 0.4) is 0 Å². The Labute approximate surface area is 94.7 Å². The van der Waals surface area contributed by atoms with Gasteiger partial charge in [-0.2, -0.15) is 0 Å². The number of rotatable bonds is 3. The number of nitrogen functional groups attached to an aromatic ring is 1. The minimum absolute atomic E-state index is 0.0314. The highest BCUT2D eigenvalue weighted by Gasteiger charge is 2.13. The van der Waals surface area contributed by atoms with Gasteiger partial charge in [-0.25, -0.2) is 0 Å². The van der Waals surface area contributed by atoms with E-state index in [0.717, 1.165) is 38.4 Å². The van der Waals surface area contributed by atoms with E-state index in [1.807, 2.05) is 12.1 Å². The van der Waals surface area contributed by atoms with Gasteiger partial charge in [0.1, 0.15) is 11.5 Å². The second-order valence-electron chi connectivity index (χ2n) is 3.81. The summed E-state index contributed by atoms with van der Waals surface area (Å²) in [5.74, 6) is 0.0314. The molecule has 1 saturated heterocycles. The van der Waals surface area contributed by atoms with Gasteiger partial charge in [0.25, 0.3) is 0 Å². The van der Waals surface area contributed by atoms with Gasteiger partial charge in [0.15, 0.2) is 0 Å². The van der Waals surface area contributed by atoms with Crippen molar-refractivity contribution >= 4 is 5.84 Å². The van der Waals surface area contributed by atoms with E-state index < -0.39 is 0 Å². The third-order valence-corrected chi connectivity index (χ3v) is 2.64. The van der Waals surface area contributed by atoms with Gasteiger partial charge in [0, 0.05) is 25.8 Å². The maximum absolute atomic E-state index is 7.47. The first-order chi connectivity index (χ1) is 7.77. The van der Waals surface area contributed by atoms with E-state index in [2.05, 4.69) is 9.88 Å². The van der Waals surface area contributed by atoms with E-state index in [1.54, 1.807) is 6.20 Å². The molecule has 1 aliphatic heterocycles. The molecule has 5 nitrogen and oxygen atoms in total. The van der Waals surface area contributed by atoms with Crippen molar-refractivity contribution in [3.63, 3.8) is 0 Å². The number of amidine groups is 1. The fourth-order valence-electron chi connectivity index (χ4n) is 1.81. The molecule has 16 heavy (non-hydrogen) atoms. The van der Waals surface area contributed by atoms with Crippen molar-refractivity contribution in [3.8, 4) is 0 Å². The zero-order chi connectivity index (χ0) is 11.4. The molecule has 0 bridgehead atoms. The summed E-state index contributed by atoms with van der Waals surface area (Å²) in [6, 6.07) is 3.85. The Morgan fingerprint density at radius 3 is 2.94 bits per heavy atom. The van der Waals surface area contributed by atoms with Crippen molar-refractivity contribution in [1.82, 2.24) is 9.88 Å². The first-order valence-corrected chi connectivity index (χ1v) is 5.36. The van der Waals surface area contributed by atoms with Gasteiger partial charge >= 0.3 is 0 Å². The van der Waals surface area contributed by atoms with Gasteiger partial charge in [-0.15, -0.1) is 0 Å². The number of nitrogens with one attached hydrogen (secondary N) is 1. The first-order valence-electron chi connectivity index (χ1n) is 5.36. The highest BCUT2D eigenvalue weighted by molar-refractivity contribution is 5.94. The number of ether oxygens (including phenoxy) is 1. The molecule has 2 rings (SSSR count). The highest BCUT2D eigenvalue weighted by atomic mass is 16.5. The average Bonchev–Trinajstić information content (AvgIpc) is 2.31. The van der Waals surface area contributed by atoms with E-state index in [-0.39, 0.29) is 5.84 Å². The maximum atomic E-state index is 7.47. The molecule has 5 heteroatoms. The summed E-state index contributed by atoms with van der Waals surface area (Å²) in [6.45, 7) is 4.18. The Balaban J connectivity index is 2.10. The monoisotopic (exact) mass is 220 g/mol. The molecule has 1 aliphatic rings. The predicted octanol–water partition coefficient (Wildman–Crippen LogP) is 0.198. The van der Waals surface area contributed by atoms with Crippen LogP contribution in [0.25, 0.3) is 0 Å². The molecule has 1 fully saturated rings. The van der Waals surface area contributed by atoms with Crippen molar-refractivity contribution in [2.45, 2.75) is 6.54 Å². The zero-order valence-corrected chi connectivity index (χ0v) is 9.15. The Bertz CT molecular complexity index is 374. The fourth-order valence-corrected chi connectivity index (χ4v) is 1.81. The number of morpholine rings is 1. The zero-order valence-electron chi connectivity index (χ0n) is 9.15. The second kappa shape index (κ2) is 5.05. The van der Waals surface area contributed by atoms with Gasteiger partial charge in [0.05, 0.1) is 13.2 Å². The summed E-state index contributed by atoms with van der Waals surface area (Å²) >= 11 is 0. The third kappa shape index (κ3) is 2.56. The lowest BCUT2D eigenvalue weighted by molar-refractivity contribution is 0.0341. The van der Waals surface area contributed by atoms with Crippen LogP contribution in [0, 0.1) is 5.41 Å². The minimum Gasteiger partial charge on any atom is -0.382 e. The topological polar surface area (TPSA) is 75.2 Å². The van der Waals surface area contributed by atoms with Gasteiger partial charge in [-0.3, -0.25) is 15.3 Å². The standard InChI is InChI=1S/C11H16N4O/c12-11(13)10-9(2-1-3-14-10)8-15-4-6-16-7-5-15/h1-3H,4-8H2,(H3,12,13). The second-order valence-corrected chi connectivity index (χ2v) is 3.81. The lowest BCUT2D eigenvalue weighted by Gasteiger charge is -2.27. The van der Waals surface area contributed by atoms with Crippen LogP contribution in [-0.4, -0.2) is 42.0 Å². The molecule has 0 aromatic carbocycles. The molecular weight excluding hydrogens is 204 g/mol. The number of nitrogens with two attached hydrogens (primary N) is 1. The van der Waals surface area contributed by atoms with E-state index in [4.69, 9.17) is 15.9 Å². The Hall–Kier alpha value is -1.46. The first kappa shape index (κ1) is 11.0. The molecule has 0 spiro atoms. The number of nitrogens with zero attached hydrogens (tertiary/aromatic N) is 2. The number of aromatic nitrogens is 1. The predicted molar refractivity (Wildman–Crippen MR) is 61.3 cm³/mol. The molecule has 0 unspecified atom stereocenters. The van der Waals surface area contributed by atoms with Gasteiger partial charge in [-0.1, -0.05) is 6.07 Å². The van der Waals surface area contributed by atoms with Crippen LogP contribution < -0.4 is 5.73 Å². The van der Waals surface area contributed by atoms with Crippen LogP contribution in [0.5, 0.6) is 0 Å². The van der Waals surface area contributed by atoms with E-state index in [1.165, 1.54) is 0 Å². The molecule has 2 heterocycles. The van der Waals surface area contributed by atoms with Crippen LogP contribution in [0.15, 0.2) is 18.3 Å². The van der Waals surface area contributed by atoms with Crippen LogP contribution in [0.1, 0.15) is 11.3 Å². The summed E-state index contributed by atoms with van der Waals surface area (Å²) < 4.78 is 5.29. The molecule has 0 aliphatic carbocycles. The molecule has 86 valence electrons. The van der Waals surface area contributed by atoms with Gasteiger partial charge in [-0.05, 0) is 11.6 Å². The Kier molecular flexibility index (Phi) is 3.48. The smallest absolute Gasteiger partial charge is 0.142 e. The number of pyridine rings is 1. The Morgan fingerprint density at radius 1 is 1.50 bits per heavy atom. The van der Waals surface area contributed by atoms with Crippen molar-refractivity contribution in [3.05, 3.63) is 29.6 Å². The highest BCUT2D eigenvalue weighted by Crippen LogP contribution is 2.10. The van der Waals surface area contributed by atoms with Gasteiger partial charge in [0.2, 0.25) is 0 Å². The van der Waals surface area contributed by atoms with Gasteiger partial charge < -0.3 is 10.5 Å². The summed E-state index contributed by atoms with van der Waals surface area (Å²) in [6.07, 6.45) is 1.67. The molecule has 3 N–H and O–H groups in total. The third-order valence-electron chi connectivity index (χ3n) is 2.64. The molecule has 0 amide bonds. The quantitative estimate of drug-likeness (QED) is 0.563. The van der Waals surface area contributed by atoms with Crippen LogP contribution in [0.4, 0.5) is 0 Å². The molecule has 0 atom stereocenters. The summed E-state index contributed by atoms with van der Waals surface area (Å²) in [5.41, 5.74) is 7.10. The maximum Gasteiger partial charge on any atom is 0.142 e. The van der Waals surface area contributed by atoms with Crippen molar-refractivity contribution < 1.29 is 4.74 Å². The Morgan fingerprint density at radius 2 is 2.25 bits per heavy atom. The molecule has 0 radical (unpaired) electrons. The van der Waals surface area contributed by atoms with Crippen LogP contribution in [-0.2, 0) is 11.3 Å². The minimum atomic E-state index is 0.0314. The summed E-state index contributed by atoms with van der Waals surface area (Å²) in [4.78, 5) is 6.42. The van der Waals surface area contributed by atoms with Crippen LogP contribution in [0.2, 0.25) is 0 Å². The fraction of sp³-hybridized carbons (Fsp3) is 0.455. The van der Waals surface area contributed by atoms with E-state index in [0.29, 0.717) is 5.69 Å². The molecule has 0 saturated carbocycles. The van der Waals surface area contributed by atoms with E-state index in [9.17, 15) is 0 Å². The summed E-state index contributed by atoms with van der Waals surface area (Å²) in [5, 5.41) is 7.47. The van der Waals surface area contributed by atoms with Crippen molar-refractivity contribution in [1.29, 1.82) is 5.41 Å². The average molecular weight is 220 g/mol. The number of hydrogen-bond donors (Lipinski definition) is 2. The van der Waals surface area contributed by atoms with E-state index >= 15 is 0 Å². The van der Waals surface area contributed by atoms with Crippen molar-refractivity contribution in [2.75, 3.05) is 26.3 Å². The number of hydrogen-bond acceptors (Lipinski definition) is 4. The molecular formula is C11H16N4O. The molecule has 1 aromatic rings. The lowest BCUT2D eigenvalue weighted by atomic mass is 10.1. The lowest BCUT2D eigenvalue weighted by Crippen LogP contribution is -2.36. The normalized spacial score (nSPS) is 17.2. The van der Waals surface area contributed by atoms with Crippen molar-refractivity contribution in [2.24, 2.45) is 5.73 Å². The molecule has 1 aromatic heterocycles. The summed E-state index contributed by atoms with van der Waals surface area (Å²) in [7, 11) is 0.